The van der Waals surface area contributed by atoms with E-state index >= 15 is 0 Å². The van der Waals surface area contributed by atoms with Crippen LogP contribution in [0.15, 0.2) is 48.6 Å². The van der Waals surface area contributed by atoms with Gasteiger partial charge in [0.05, 0.1) is 33.8 Å². The van der Waals surface area contributed by atoms with Gasteiger partial charge in [-0.3, -0.25) is 14.2 Å². The topological polar surface area (TPSA) is 114 Å². The molecule has 0 fully saturated rings. The fourth-order valence-corrected chi connectivity index (χ4v) is 12.8. The van der Waals surface area contributed by atoms with Crippen LogP contribution in [-0.4, -0.2) is 69.4 Å². The molecule has 0 aliphatic carbocycles. The second-order valence-corrected chi connectivity index (χ2v) is 30.0. The second kappa shape index (κ2) is 70.8. The molecule has 91 heavy (non-hydrogen) atoms. The number of nitrogens with zero attached hydrogens (tertiary/aromatic N) is 1. The molecule has 1 amide bonds. The van der Waals surface area contributed by atoms with Gasteiger partial charge in [-0.1, -0.05) is 372 Å². The quantitative estimate of drug-likeness (QED) is 0.0212. The predicted molar refractivity (Wildman–Crippen MR) is 395 cm³/mol. The molecule has 10 heteroatoms. The van der Waals surface area contributed by atoms with Crippen molar-refractivity contribution in [2.24, 2.45) is 0 Å². The van der Waals surface area contributed by atoms with Gasteiger partial charge in [-0.25, -0.2) is 0 Å². The minimum atomic E-state index is -4.71. The standard InChI is InChI=1S/C81H155N2O7P/c1-7-10-13-16-19-22-25-28-30-32-34-36-38-40-41-43-44-46-48-50-52-55-58-61-64-67-70-73-80(84)82-78(77-89-91(86,87)88-76-75-83(4,5)6)79(72-69-66-63-60-57-54-27-24-21-18-15-12-9-3)90-81(85)74-71-68-65-62-59-56-53-51-49-47-45-42-39-37-35-33-31-29-26-23-20-17-14-11-8-2/h20,23,29,31,35,37,69,72,78-79H,7-19,21-22,24-28,30,32-34,36,38-68,70-71,73-77H2,1-6H3,(H-,82,84,86,87)/b23-20-,31-29-,37-35-,72-69+. The van der Waals surface area contributed by atoms with Crippen molar-refractivity contribution in [3.63, 3.8) is 0 Å². The van der Waals surface area contributed by atoms with E-state index in [9.17, 15) is 19.0 Å². The molecule has 0 aliphatic heterocycles. The number of quaternary nitrogens is 1. The highest BCUT2D eigenvalue weighted by Crippen LogP contribution is 2.38. The van der Waals surface area contributed by atoms with E-state index in [1.807, 2.05) is 33.3 Å². The lowest BCUT2D eigenvalue weighted by molar-refractivity contribution is -0.870. The Morgan fingerprint density at radius 3 is 1.02 bits per heavy atom. The molecule has 3 unspecified atom stereocenters. The lowest BCUT2D eigenvalue weighted by Crippen LogP contribution is -2.47. The molecule has 1 N–H and O–H groups in total. The summed E-state index contributed by atoms with van der Waals surface area (Å²) in [6, 6.07) is -0.888. The summed E-state index contributed by atoms with van der Waals surface area (Å²) >= 11 is 0. The van der Waals surface area contributed by atoms with Gasteiger partial charge in [-0.2, -0.15) is 0 Å². The summed E-state index contributed by atoms with van der Waals surface area (Å²) in [7, 11) is 1.20. The van der Waals surface area contributed by atoms with E-state index in [-0.39, 0.29) is 31.5 Å². The van der Waals surface area contributed by atoms with Gasteiger partial charge in [-0.05, 0) is 70.3 Å². The van der Waals surface area contributed by atoms with E-state index in [4.69, 9.17) is 13.8 Å². The number of esters is 1. The van der Waals surface area contributed by atoms with Gasteiger partial charge in [0.1, 0.15) is 19.3 Å². The SMILES string of the molecule is CCCCC/C=C\C/C=C\C/C=C\CCCCCCCCCCCCCCC(=O)OC(/C=C/CCCCCCCCCCCCC)C(COP(=O)([O-])OCC[N+](C)(C)C)NC(=O)CCCCCCCCCCCCCCCCCCCCCCCCCCCCC. The third kappa shape index (κ3) is 72.1. The molecule has 0 spiro atoms. The van der Waals surface area contributed by atoms with E-state index < -0.39 is 20.0 Å². The number of nitrogens with one attached hydrogen (secondary N) is 1. The molecule has 536 valence electrons. The minimum Gasteiger partial charge on any atom is -0.756 e. The second-order valence-electron chi connectivity index (χ2n) is 28.6. The van der Waals surface area contributed by atoms with E-state index in [2.05, 4.69) is 62.5 Å². The average molecular weight is 1300 g/mol. The zero-order valence-electron chi connectivity index (χ0n) is 61.6. The van der Waals surface area contributed by atoms with Crippen molar-refractivity contribution >= 4 is 19.7 Å². The number of hydrogen-bond acceptors (Lipinski definition) is 7. The number of allylic oxidation sites excluding steroid dienone is 7. The molecule has 0 bridgehead atoms. The fourth-order valence-electron chi connectivity index (χ4n) is 12.1. The lowest BCUT2D eigenvalue weighted by Gasteiger charge is -2.30. The summed E-state index contributed by atoms with van der Waals surface area (Å²) in [5, 5.41) is 3.06. The van der Waals surface area contributed by atoms with Crippen LogP contribution in [0.4, 0.5) is 0 Å². The highest BCUT2D eigenvalue weighted by molar-refractivity contribution is 7.45. The first kappa shape index (κ1) is 89.0. The van der Waals surface area contributed by atoms with Crippen LogP contribution in [0.2, 0.25) is 0 Å². The Bertz CT molecular complexity index is 1690. The Labute approximate surface area is 567 Å². The largest absolute Gasteiger partial charge is 0.756 e. The molecular weight excluding hydrogens is 1140 g/mol. The van der Waals surface area contributed by atoms with Gasteiger partial charge in [0, 0.05) is 12.8 Å². The number of phosphoric ester groups is 1. The lowest BCUT2D eigenvalue weighted by atomic mass is 10.0. The number of amides is 1. The van der Waals surface area contributed by atoms with Crippen molar-refractivity contribution in [1.29, 1.82) is 0 Å². The van der Waals surface area contributed by atoms with E-state index in [0.717, 1.165) is 70.6 Å². The van der Waals surface area contributed by atoms with Crippen molar-refractivity contribution in [2.75, 3.05) is 40.9 Å². The van der Waals surface area contributed by atoms with Gasteiger partial charge < -0.3 is 28.5 Å². The molecule has 0 heterocycles. The number of phosphoric acid groups is 1. The van der Waals surface area contributed by atoms with Crippen molar-refractivity contribution < 1.29 is 37.3 Å². The monoisotopic (exact) mass is 1300 g/mol. The van der Waals surface area contributed by atoms with E-state index in [0.29, 0.717) is 17.4 Å². The van der Waals surface area contributed by atoms with Gasteiger partial charge in [0.2, 0.25) is 5.91 Å². The van der Waals surface area contributed by atoms with Crippen molar-refractivity contribution in [1.82, 2.24) is 5.32 Å². The fraction of sp³-hybridized carbons (Fsp3) is 0.877. The minimum absolute atomic E-state index is 0.0201. The van der Waals surface area contributed by atoms with Crippen molar-refractivity contribution in [3.8, 4) is 0 Å². The third-order valence-corrected chi connectivity index (χ3v) is 19.2. The van der Waals surface area contributed by atoms with Crippen LogP contribution in [0, 0.1) is 0 Å². The van der Waals surface area contributed by atoms with Crippen LogP contribution in [0.5, 0.6) is 0 Å². The van der Waals surface area contributed by atoms with Crippen molar-refractivity contribution in [2.45, 2.75) is 418 Å². The van der Waals surface area contributed by atoms with Crippen LogP contribution < -0.4 is 10.2 Å². The Kier molecular flexibility index (Phi) is 69.2. The Morgan fingerprint density at radius 1 is 0.385 bits per heavy atom. The molecule has 0 rings (SSSR count). The number of rotatable bonds is 74. The van der Waals surface area contributed by atoms with Gasteiger partial charge >= 0.3 is 5.97 Å². The smallest absolute Gasteiger partial charge is 0.306 e. The van der Waals surface area contributed by atoms with Crippen molar-refractivity contribution in [3.05, 3.63) is 48.6 Å². The van der Waals surface area contributed by atoms with E-state index in [1.54, 1.807) is 0 Å². The number of likely N-dealkylation sites (N-methyl/N-ethyl adjacent to an activating group) is 1. The molecule has 0 aliphatic rings. The van der Waals surface area contributed by atoms with Gasteiger partial charge in [0.25, 0.3) is 7.82 Å². The molecule has 3 atom stereocenters. The van der Waals surface area contributed by atoms with Gasteiger partial charge in [-0.15, -0.1) is 0 Å². The molecule has 0 aromatic rings. The van der Waals surface area contributed by atoms with E-state index in [1.165, 1.54) is 302 Å². The van der Waals surface area contributed by atoms with Crippen LogP contribution >= 0.6 is 7.82 Å². The molecule has 0 saturated carbocycles. The normalized spacial score (nSPS) is 13.6. The molecule has 9 nitrogen and oxygen atoms in total. The first-order valence-corrected chi connectivity index (χ1v) is 41.4. The van der Waals surface area contributed by atoms with Gasteiger partial charge in [0.15, 0.2) is 0 Å². The van der Waals surface area contributed by atoms with Crippen LogP contribution in [0.1, 0.15) is 406 Å². The summed E-state index contributed by atoms with van der Waals surface area (Å²) in [4.78, 5) is 40.3. The Hall–Kier alpha value is -2.03. The summed E-state index contributed by atoms with van der Waals surface area (Å²) in [6.07, 6.45) is 91.1. The average Bonchev–Trinajstić information content (AvgIpc) is 3.70. The summed E-state index contributed by atoms with van der Waals surface area (Å²) < 4.78 is 30.6. The third-order valence-electron chi connectivity index (χ3n) is 18.3. The first-order chi connectivity index (χ1) is 44.4. The number of carbonyl (C=O) groups is 2. The number of unbranched alkanes of at least 4 members (excludes halogenated alkanes) is 52. The number of hydrogen-bond donors (Lipinski definition) is 1. The summed E-state index contributed by atoms with van der Waals surface area (Å²) in [6.45, 7) is 6.89. The Balaban J connectivity index is 4.94. The number of carbonyl (C=O) groups excluding carboxylic acids is 2. The van der Waals surface area contributed by atoms with Crippen LogP contribution in [0.3, 0.4) is 0 Å². The number of ether oxygens (including phenoxy) is 1. The molecular formula is C81H155N2O7P. The maximum absolute atomic E-state index is 13.7. The van der Waals surface area contributed by atoms with Crippen LogP contribution in [-0.2, 0) is 27.9 Å². The summed E-state index contributed by atoms with van der Waals surface area (Å²) in [5.41, 5.74) is 0. The Morgan fingerprint density at radius 2 is 0.670 bits per heavy atom. The molecule has 0 aromatic heterocycles. The zero-order chi connectivity index (χ0) is 66.3. The predicted octanol–water partition coefficient (Wildman–Crippen LogP) is 25.3. The zero-order valence-corrected chi connectivity index (χ0v) is 62.5. The first-order valence-electron chi connectivity index (χ1n) is 39.9. The van der Waals surface area contributed by atoms with Crippen LogP contribution in [0.25, 0.3) is 0 Å². The summed E-state index contributed by atoms with van der Waals surface area (Å²) in [5.74, 6) is -0.520. The highest BCUT2D eigenvalue weighted by Gasteiger charge is 2.27. The molecule has 0 aromatic carbocycles. The highest BCUT2D eigenvalue weighted by atomic mass is 31.2. The maximum atomic E-state index is 13.7. The molecule has 0 radical (unpaired) electrons. The molecule has 0 saturated heterocycles. The maximum Gasteiger partial charge on any atom is 0.306 e.